The Bertz CT molecular complexity index is 830. The fourth-order valence-corrected chi connectivity index (χ4v) is 3.56. The summed E-state index contributed by atoms with van der Waals surface area (Å²) >= 11 is 0. The summed E-state index contributed by atoms with van der Waals surface area (Å²) in [6.07, 6.45) is 5.13. The molecule has 0 atom stereocenters. The molecule has 2 amide bonds. The van der Waals surface area contributed by atoms with Gasteiger partial charge in [0, 0.05) is 24.1 Å². The lowest BCUT2D eigenvalue weighted by atomic mass is 10.0. The molecular weight excluding hydrogens is 356 g/mol. The number of carbonyl (C=O) groups is 2. The standard InChI is InChI=1S/C22H26N2O4/c1-27-19-14-18(24-22(26)16-10-4-3-5-11-16)20(28-2)13-17(19)23-21(25)12-15-8-6-7-9-15/h3-5,10-11,13-15H,6-9,12H2,1-2H3,(H,23,25)(H,24,26). The lowest BCUT2D eigenvalue weighted by Gasteiger charge is -2.17. The Kier molecular flexibility index (Phi) is 6.53. The molecule has 1 fully saturated rings. The van der Waals surface area contributed by atoms with Gasteiger partial charge in [-0.3, -0.25) is 9.59 Å². The number of anilines is 2. The maximum atomic E-state index is 12.5. The van der Waals surface area contributed by atoms with Crippen molar-refractivity contribution < 1.29 is 19.1 Å². The first-order valence-electron chi connectivity index (χ1n) is 9.53. The van der Waals surface area contributed by atoms with Gasteiger partial charge in [-0.2, -0.15) is 0 Å². The Balaban J connectivity index is 1.77. The number of hydrogen-bond donors (Lipinski definition) is 2. The van der Waals surface area contributed by atoms with Gasteiger partial charge in [0.05, 0.1) is 25.6 Å². The third kappa shape index (κ3) is 4.82. The molecule has 0 unspecified atom stereocenters. The van der Waals surface area contributed by atoms with Gasteiger partial charge in [-0.15, -0.1) is 0 Å². The summed E-state index contributed by atoms with van der Waals surface area (Å²) in [5.74, 6) is 1.08. The average Bonchev–Trinajstić information content (AvgIpc) is 3.22. The van der Waals surface area contributed by atoms with Crippen molar-refractivity contribution >= 4 is 23.2 Å². The molecule has 0 spiro atoms. The first kappa shape index (κ1) is 19.7. The number of methoxy groups -OCH3 is 2. The van der Waals surface area contributed by atoms with E-state index >= 15 is 0 Å². The van der Waals surface area contributed by atoms with Crippen LogP contribution in [0, 0.1) is 5.92 Å². The Labute approximate surface area is 165 Å². The van der Waals surface area contributed by atoms with Gasteiger partial charge in [0.25, 0.3) is 5.91 Å². The summed E-state index contributed by atoms with van der Waals surface area (Å²) in [6.45, 7) is 0. The SMILES string of the molecule is COc1cc(NC(=O)c2ccccc2)c(OC)cc1NC(=O)CC1CCCC1. The van der Waals surface area contributed by atoms with Crippen LogP contribution in [0.3, 0.4) is 0 Å². The molecule has 0 heterocycles. The molecule has 1 saturated carbocycles. The third-order valence-corrected chi connectivity index (χ3v) is 5.03. The van der Waals surface area contributed by atoms with Crippen LogP contribution in [0.4, 0.5) is 11.4 Å². The van der Waals surface area contributed by atoms with Crippen molar-refractivity contribution in [2.45, 2.75) is 32.1 Å². The Hall–Kier alpha value is -3.02. The lowest BCUT2D eigenvalue weighted by Crippen LogP contribution is -2.16. The van der Waals surface area contributed by atoms with E-state index in [4.69, 9.17) is 9.47 Å². The van der Waals surface area contributed by atoms with Gasteiger partial charge in [0.2, 0.25) is 5.91 Å². The minimum Gasteiger partial charge on any atom is -0.494 e. The van der Waals surface area contributed by atoms with E-state index in [0.717, 1.165) is 12.8 Å². The summed E-state index contributed by atoms with van der Waals surface area (Å²) < 4.78 is 10.8. The molecule has 1 aliphatic carbocycles. The number of amides is 2. The van der Waals surface area contributed by atoms with Crippen LogP contribution in [0.1, 0.15) is 42.5 Å². The second-order valence-electron chi connectivity index (χ2n) is 6.98. The van der Waals surface area contributed by atoms with E-state index in [1.165, 1.54) is 27.1 Å². The molecule has 2 aromatic carbocycles. The molecule has 6 heteroatoms. The maximum absolute atomic E-state index is 12.5. The Morgan fingerprint density at radius 1 is 0.929 bits per heavy atom. The van der Waals surface area contributed by atoms with E-state index < -0.39 is 0 Å². The molecule has 6 nitrogen and oxygen atoms in total. The van der Waals surface area contributed by atoms with E-state index in [1.54, 1.807) is 36.4 Å². The van der Waals surface area contributed by atoms with Crippen LogP contribution >= 0.6 is 0 Å². The van der Waals surface area contributed by atoms with Gasteiger partial charge in [-0.1, -0.05) is 31.0 Å². The normalized spacial score (nSPS) is 13.8. The van der Waals surface area contributed by atoms with E-state index in [1.807, 2.05) is 6.07 Å². The Morgan fingerprint density at radius 2 is 1.50 bits per heavy atom. The van der Waals surface area contributed by atoms with Gasteiger partial charge in [0.15, 0.2) is 0 Å². The monoisotopic (exact) mass is 382 g/mol. The lowest BCUT2D eigenvalue weighted by molar-refractivity contribution is -0.117. The number of ether oxygens (including phenoxy) is 2. The highest BCUT2D eigenvalue weighted by atomic mass is 16.5. The van der Waals surface area contributed by atoms with E-state index in [2.05, 4.69) is 10.6 Å². The summed E-state index contributed by atoms with van der Waals surface area (Å²) in [7, 11) is 3.04. The first-order chi connectivity index (χ1) is 13.6. The van der Waals surface area contributed by atoms with Gasteiger partial charge in [0.1, 0.15) is 11.5 Å². The van der Waals surface area contributed by atoms with Crippen molar-refractivity contribution in [1.82, 2.24) is 0 Å². The summed E-state index contributed by atoms with van der Waals surface area (Å²) in [6, 6.07) is 12.2. The number of rotatable bonds is 7. The molecule has 2 N–H and O–H groups in total. The highest BCUT2D eigenvalue weighted by Gasteiger charge is 2.20. The second kappa shape index (κ2) is 9.26. The minimum atomic E-state index is -0.251. The molecule has 0 aromatic heterocycles. The van der Waals surface area contributed by atoms with Crippen LogP contribution in [-0.2, 0) is 4.79 Å². The number of hydrogen-bond acceptors (Lipinski definition) is 4. The molecule has 0 radical (unpaired) electrons. The van der Waals surface area contributed by atoms with E-state index in [-0.39, 0.29) is 11.8 Å². The van der Waals surface area contributed by atoms with Crippen molar-refractivity contribution in [3.63, 3.8) is 0 Å². The predicted octanol–water partition coefficient (Wildman–Crippen LogP) is 4.47. The maximum Gasteiger partial charge on any atom is 0.255 e. The molecule has 3 rings (SSSR count). The van der Waals surface area contributed by atoms with Crippen molar-refractivity contribution in [3.05, 3.63) is 48.0 Å². The zero-order valence-corrected chi connectivity index (χ0v) is 16.3. The topological polar surface area (TPSA) is 76.7 Å². The van der Waals surface area contributed by atoms with Gasteiger partial charge >= 0.3 is 0 Å². The predicted molar refractivity (Wildman–Crippen MR) is 109 cm³/mol. The van der Waals surface area contributed by atoms with Crippen LogP contribution in [0.15, 0.2) is 42.5 Å². The van der Waals surface area contributed by atoms with Gasteiger partial charge in [-0.05, 0) is 30.9 Å². The van der Waals surface area contributed by atoms with Crippen molar-refractivity contribution in [2.75, 3.05) is 24.9 Å². The molecular formula is C22H26N2O4. The summed E-state index contributed by atoms with van der Waals surface area (Å²) in [4.78, 5) is 24.9. The van der Waals surface area contributed by atoms with Gasteiger partial charge < -0.3 is 20.1 Å². The zero-order chi connectivity index (χ0) is 19.9. The number of carbonyl (C=O) groups excluding carboxylic acids is 2. The summed E-state index contributed by atoms with van der Waals surface area (Å²) in [5, 5.41) is 5.75. The fourth-order valence-electron chi connectivity index (χ4n) is 3.56. The van der Waals surface area contributed by atoms with Crippen LogP contribution in [0.25, 0.3) is 0 Å². The molecule has 148 valence electrons. The third-order valence-electron chi connectivity index (χ3n) is 5.03. The highest BCUT2D eigenvalue weighted by Crippen LogP contribution is 2.37. The molecule has 1 aliphatic rings. The molecule has 2 aromatic rings. The van der Waals surface area contributed by atoms with Crippen molar-refractivity contribution in [1.29, 1.82) is 0 Å². The van der Waals surface area contributed by atoms with E-state index in [0.29, 0.717) is 40.8 Å². The largest absolute Gasteiger partial charge is 0.494 e. The first-order valence-corrected chi connectivity index (χ1v) is 9.53. The molecule has 0 bridgehead atoms. The van der Waals surface area contributed by atoms with E-state index in [9.17, 15) is 9.59 Å². The van der Waals surface area contributed by atoms with Crippen molar-refractivity contribution in [2.24, 2.45) is 5.92 Å². The zero-order valence-electron chi connectivity index (χ0n) is 16.3. The smallest absolute Gasteiger partial charge is 0.255 e. The molecule has 0 saturated heterocycles. The van der Waals surface area contributed by atoms with Crippen molar-refractivity contribution in [3.8, 4) is 11.5 Å². The van der Waals surface area contributed by atoms with Gasteiger partial charge in [-0.25, -0.2) is 0 Å². The molecule has 28 heavy (non-hydrogen) atoms. The quantitative estimate of drug-likeness (QED) is 0.740. The second-order valence-corrected chi connectivity index (χ2v) is 6.98. The van der Waals surface area contributed by atoms with Crippen LogP contribution in [-0.4, -0.2) is 26.0 Å². The fraction of sp³-hybridized carbons (Fsp3) is 0.364. The summed E-state index contributed by atoms with van der Waals surface area (Å²) in [5.41, 5.74) is 1.54. The average molecular weight is 382 g/mol. The van der Waals surface area contributed by atoms with Crippen LogP contribution in [0.5, 0.6) is 11.5 Å². The Morgan fingerprint density at radius 3 is 2.07 bits per heavy atom. The minimum absolute atomic E-state index is 0.0340. The highest BCUT2D eigenvalue weighted by molar-refractivity contribution is 6.05. The molecule has 0 aliphatic heterocycles. The number of benzene rings is 2. The number of nitrogens with one attached hydrogen (secondary N) is 2. The van der Waals surface area contributed by atoms with Crippen LogP contribution < -0.4 is 20.1 Å². The van der Waals surface area contributed by atoms with Crippen LogP contribution in [0.2, 0.25) is 0 Å².